The van der Waals surface area contributed by atoms with Gasteiger partial charge in [0.05, 0.1) is 41.8 Å². The number of benzene rings is 1. The van der Waals surface area contributed by atoms with Crippen LogP contribution in [0.25, 0.3) is 22.2 Å². The van der Waals surface area contributed by atoms with Crippen molar-refractivity contribution in [1.82, 2.24) is 19.7 Å². The van der Waals surface area contributed by atoms with E-state index in [1.54, 1.807) is 17.4 Å². The SMILES string of the molecule is CNc1ccc(-c2cnn(C3CCCC3O)c2)nc1N(N)Cc1ccc2ncccc2c1. The Balaban J connectivity index is 1.42. The molecule has 0 radical (unpaired) electrons. The van der Waals surface area contributed by atoms with Gasteiger partial charge in [0, 0.05) is 30.4 Å². The van der Waals surface area contributed by atoms with Gasteiger partial charge in [-0.15, -0.1) is 0 Å². The summed E-state index contributed by atoms with van der Waals surface area (Å²) in [7, 11) is 1.86. The average molecular weight is 430 g/mol. The fourth-order valence-electron chi connectivity index (χ4n) is 4.40. The van der Waals surface area contributed by atoms with E-state index in [-0.39, 0.29) is 12.1 Å². The Morgan fingerprint density at radius 2 is 2.12 bits per heavy atom. The number of nitrogens with one attached hydrogen (secondary N) is 1. The van der Waals surface area contributed by atoms with E-state index in [1.165, 1.54) is 0 Å². The number of rotatable bonds is 6. The molecule has 3 heterocycles. The molecule has 0 saturated heterocycles. The molecule has 164 valence electrons. The Kier molecular flexibility index (Phi) is 5.46. The Bertz CT molecular complexity index is 1240. The van der Waals surface area contributed by atoms with Crippen molar-refractivity contribution < 1.29 is 5.11 Å². The molecule has 32 heavy (non-hydrogen) atoms. The number of aliphatic hydroxyl groups is 1. The van der Waals surface area contributed by atoms with E-state index in [4.69, 9.17) is 10.8 Å². The molecule has 1 fully saturated rings. The molecule has 4 N–H and O–H groups in total. The minimum Gasteiger partial charge on any atom is -0.391 e. The van der Waals surface area contributed by atoms with Gasteiger partial charge in [0.15, 0.2) is 5.82 Å². The number of aliphatic hydroxyl groups excluding tert-OH is 1. The summed E-state index contributed by atoms with van der Waals surface area (Å²) >= 11 is 0. The lowest BCUT2D eigenvalue weighted by Crippen LogP contribution is -2.31. The summed E-state index contributed by atoms with van der Waals surface area (Å²) in [5.74, 6) is 7.14. The predicted octanol–water partition coefficient (Wildman–Crippen LogP) is 3.50. The molecular weight excluding hydrogens is 402 g/mol. The topological polar surface area (TPSA) is 105 Å². The fraction of sp³-hybridized carbons (Fsp3) is 0.292. The second-order valence-electron chi connectivity index (χ2n) is 8.25. The van der Waals surface area contributed by atoms with E-state index >= 15 is 0 Å². The van der Waals surface area contributed by atoms with Gasteiger partial charge in [-0.1, -0.05) is 12.1 Å². The third-order valence-corrected chi connectivity index (χ3v) is 6.12. The first-order valence-corrected chi connectivity index (χ1v) is 10.9. The minimum atomic E-state index is -0.338. The number of hydrazine groups is 1. The average Bonchev–Trinajstić information content (AvgIpc) is 3.47. The third-order valence-electron chi connectivity index (χ3n) is 6.12. The van der Waals surface area contributed by atoms with Crippen LogP contribution in [0.4, 0.5) is 11.5 Å². The molecule has 4 aromatic rings. The number of anilines is 2. The van der Waals surface area contributed by atoms with Gasteiger partial charge >= 0.3 is 0 Å². The number of nitrogens with zero attached hydrogens (tertiary/aromatic N) is 5. The lowest BCUT2D eigenvalue weighted by Gasteiger charge is -2.21. The van der Waals surface area contributed by atoms with E-state index in [9.17, 15) is 5.11 Å². The second kappa shape index (κ2) is 8.57. The third kappa shape index (κ3) is 3.90. The highest BCUT2D eigenvalue weighted by Gasteiger charge is 2.27. The Labute approximate surface area is 186 Å². The van der Waals surface area contributed by atoms with E-state index in [0.29, 0.717) is 12.4 Å². The predicted molar refractivity (Wildman–Crippen MR) is 126 cm³/mol. The monoisotopic (exact) mass is 429 g/mol. The summed E-state index contributed by atoms with van der Waals surface area (Å²) in [5.41, 5.74) is 4.57. The highest BCUT2D eigenvalue weighted by molar-refractivity contribution is 5.79. The first-order chi connectivity index (χ1) is 15.6. The normalized spacial score (nSPS) is 18.2. The van der Waals surface area contributed by atoms with Crippen molar-refractivity contribution in [3.8, 4) is 11.3 Å². The molecule has 5 rings (SSSR count). The van der Waals surface area contributed by atoms with Gasteiger partial charge in [-0.05, 0) is 55.2 Å². The van der Waals surface area contributed by atoms with Crippen LogP contribution in [-0.4, -0.2) is 38.0 Å². The van der Waals surface area contributed by atoms with Crippen molar-refractivity contribution in [2.75, 3.05) is 17.4 Å². The van der Waals surface area contributed by atoms with Crippen LogP contribution >= 0.6 is 0 Å². The second-order valence-corrected chi connectivity index (χ2v) is 8.25. The van der Waals surface area contributed by atoms with Crippen LogP contribution in [0.3, 0.4) is 0 Å². The molecule has 0 aliphatic heterocycles. The smallest absolute Gasteiger partial charge is 0.167 e. The maximum atomic E-state index is 10.2. The van der Waals surface area contributed by atoms with Gasteiger partial charge in [-0.2, -0.15) is 5.10 Å². The molecule has 2 unspecified atom stereocenters. The van der Waals surface area contributed by atoms with Crippen LogP contribution < -0.4 is 16.2 Å². The first-order valence-electron chi connectivity index (χ1n) is 10.9. The van der Waals surface area contributed by atoms with Crippen LogP contribution in [0.2, 0.25) is 0 Å². The van der Waals surface area contributed by atoms with Gasteiger partial charge in [0.25, 0.3) is 0 Å². The standard InChI is InChI=1S/C24H27N7O/c1-26-21-10-9-20(18-13-28-31(15-18)22-5-2-6-23(22)32)29-24(21)30(25)14-16-7-8-19-17(12-16)4-3-11-27-19/h3-4,7-13,15,22-23,26,32H,2,5-6,14,25H2,1H3. The fourth-order valence-corrected chi connectivity index (χ4v) is 4.40. The zero-order valence-corrected chi connectivity index (χ0v) is 18.0. The van der Waals surface area contributed by atoms with Crippen molar-refractivity contribution in [3.63, 3.8) is 0 Å². The Morgan fingerprint density at radius 1 is 1.22 bits per heavy atom. The van der Waals surface area contributed by atoms with Gasteiger partial charge in [-0.25, -0.2) is 10.8 Å². The number of nitrogens with two attached hydrogens (primary N) is 1. The number of aromatic nitrogens is 4. The van der Waals surface area contributed by atoms with Gasteiger partial charge in [0.2, 0.25) is 0 Å². The molecule has 1 aromatic carbocycles. The van der Waals surface area contributed by atoms with Gasteiger partial charge in [0.1, 0.15) is 0 Å². The molecule has 0 bridgehead atoms. The quantitative estimate of drug-likeness (QED) is 0.318. The first kappa shape index (κ1) is 20.4. The van der Waals surface area contributed by atoms with Crippen molar-refractivity contribution in [2.45, 2.75) is 38.0 Å². The van der Waals surface area contributed by atoms with Crippen molar-refractivity contribution in [2.24, 2.45) is 5.84 Å². The lowest BCUT2D eigenvalue weighted by molar-refractivity contribution is 0.130. The summed E-state index contributed by atoms with van der Waals surface area (Å²) in [6.07, 6.45) is 8.00. The molecule has 1 aliphatic rings. The van der Waals surface area contributed by atoms with Crippen LogP contribution in [0.1, 0.15) is 30.9 Å². The summed E-state index contributed by atoms with van der Waals surface area (Å²) in [6.45, 7) is 0.503. The van der Waals surface area contributed by atoms with Crippen molar-refractivity contribution >= 4 is 22.4 Å². The summed E-state index contributed by atoms with van der Waals surface area (Å²) < 4.78 is 1.86. The van der Waals surface area contributed by atoms with Crippen LogP contribution in [0.5, 0.6) is 0 Å². The zero-order valence-electron chi connectivity index (χ0n) is 18.0. The molecule has 8 heteroatoms. The summed E-state index contributed by atoms with van der Waals surface area (Å²) in [5, 5.41) is 20.6. The number of hydrogen-bond acceptors (Lipinski definition) is 7. The number of hydrogen-bond donors (Lipinski definition) is 3. The van der Waals surface area contributed by atoms with Crippen LogP contribution in [0.15, 0.2) is 61.1 Å². The molecule has 3 aromatic heterocycles. The summed E-state index contributed by atoms with van der Waals surface area (Å²) in [6, 6.07) is 14.1. The molecule has 1 aliphatic carbocycles. The minimum absolute atomic E-state index is 0.0354. The number of pyridine rings is 2. The molecule has 0 amide bonds. The Morgan fingerprint density at radius 3 is 2.94 bits per heavy atom. The molecule has 8 nitrogen and oxygen atoms in total. The highest BCUT2D eigenvalue weighted by atomic mass is 16.3. The van der Waals surface area contributed by atoms with Gasteiger partial charge < -0.3 is 10.4 Å². The maximum absolute atomic E-state index is 10.2. The summed E-state index contributed by atoms with van der Waals surface area (Å²) in [4.78, 5) is 9.22. The zero-order chi connectivity index (χ0) is 22.1. The van der Waals surface area contributed by atoms with Crippen molar-refractivity contribution in [1.29, 1.82) is 0 Å². The molecular formula is C24H27N7O. The Hall–Kier alpha value is -3.49. The maximum Gasteiger partial charge on any atom is 0.167 e. The largest absolute Gasteiger partial charge is 0.391 e. The lowest BCUT2D eigenvalue weighted by atomic mass is 10.1. The van der Waals surface area contributed by atoms with E-state index in [1.807, 2.05) is 54.3 Å². The van der Waals surface area contributed by atoms with E-state index in [2.05, 4.69) is 21.5 Å². The molecule has 2 atom stereocenters. The number of fused-ring (bicyclic) bond motifs is 1. The van der Waals surface area contributed by atoms with Crippen LogP contribution in [-0.2, 0) is 6.54 Å². The highest BCUT2D eigenvalue weighted by Crippen LogP contribution is 2.32. The van der Waals surface area contributed by atoms with Gasteiger partial charge in [-0.3, -0.25) is 14.7 Å². The van der Waals surface area contributed by atoms with Crippen molar-refractivity contribution in [3.05, 3.63) is 66.6 Å². The molecule has 1 saturated carbocycles. The van der Waals surface area contributed by atoms with Crippen LogP contribution in [0, 0.1) is 0 Å². The van der Waals surface area contributed by atoms with E-state index in [0.717, 1.165) is 52.7 Å². The molecule has 0 spiro atoms. The van der Waals surface area contributed by atoms with E-state index < -0.39 is 0 Å².